The average molecular weight is 328 g/mol. The van der Waals surface area contributed by atoms with E-state index in [4.69, 9.17) is 4.74 Å². The van der Waals surface area contributed by atoms with E-state index < -0.39 is 35.5 Å². The third kappa shape index (κ3) is 3.92. The zero-order chi connectivity index (χ0) is 16.5. The maximum atomic E-state index is 12.8. The first-order valence-electron chi connectivity index (χ1n) is 6.64. The van der Waals surface area contributed by atoms with Gasteiger partial charge in [0.1, 0.15) is 0 Å². The summed E-state index contributed by atoms with van der Waals surface area (Å²) in [7, 11) is 0. The summed E-state index contributed by atoms with van der Waals surface area (Å²) in [5.74, 6) is -0.418. The van der Waals surface area contributed by atoms with Gasteiger partial charge < -0.3 is 9.84 Å². The molecule has 1 atom stereocenters. The Morgan fingerprint density at radius 2 is 1.36 bits per heavy atom. The highest BCUT2D eigenvalue weighted by Gasteiger charge is 2.38. The summed E-state index contributed by atoms with van der Waals surface area (Å²) in [5, 5.41) is 10.1. The fraction of sp³-hybridized carbons (Fsp3) is 0.571. The van der Waals surface area contributed by atoms with Gasteiger partial charge in [0.2, 0.25) is 0 Å². The van der Waals surface area contributed by atoms with Gasteiger partial charge in [-0.3, -0.25) is 0 Å². The molecule has 0 bridgehead atoms. The van der Waals surface area contributed by atoms with Crippen molar-refractivity contribution < 1.29 is 36.2 Å². The largest absolute Gasteiger partial charge is 0.416 e. The number of hydrogen-bond donors (Lipinski definition) is 1. The van der Waals surface area contributed by atoms with Crippen LogP contribution < -0.4 is 0 Å². The van der Waals surface area contributed by atoms with Gasteiger partial charge in [0, 0.05) is 13.2 Å². The second kappa shape index (κ2) is 6.08. The Kier molecular flexibility index (Phi) is 4.72. The van der Waals surface area contributed by atoms with Crippen LogP contribution in [0.3, 0.4) is 0 Å². The molecule has 124 valence electrons. The topological polar surface area (TPSA) is 29.5 Å². The van der Waals surface area contributed by atoms with Crippen LogP contribution in [0.2, 0.25) is 0 Å². The third-order valence-corrected chi connectivity index (χ3v) is 3.66. The molecule has 1 fully saturated rings. The van der Waals surface area contributed by atoms with Crippen molar-refractivity contribution in [1.29, 1.82) is 0 Å². The molecule has 22 heavy (non-hydrogen) atoms. The number of ether oxygens (including phenoxy) is 1. The summed E-state index contributed by atoms with van der Waals surface area (Å²) in [4.78, 5) is 0. The number of aliphatic hydroxyl groups excluding tert-OH is 1. The summed E-state index contributed by atoms with van der Waals surface area (Å²) in [5.41, 5.74) is -3.19. The molecule has 0 amide bonds. The van der Waals surface area contributed by atoms with Gasteiger partial charge in [-0.25, -0.2) is 0 Å². The smallest absolute Gasteiger partial charge is 0.388 e. The molecule has 1 aromatic rings. The van der Waals surface area contributed by atoms with E-state index in [1.54, 1.807) is 0 Å². The molecule has 1 aliphatic heterocycles. The van der Waals surface area contributed by atoms with Crippen LogP contribution in [0.25, 0.3) is 0 Å². The molecule has 1 saturated heterocycles. The molecule has 1 heterocycles. The highest BCUT2D eigenvalue weighted by Crippen LogP contribution is 2.39. The Morgan fingerprint density at radius 1 is 0.909 bits per heavy atom. The van der Waals surface area contributed by atoms with Crippen LogP contribution in [0.1, 0.15) is 35.6 Å². The molecule has 2 nitrogen and oxygen atoms in total. The third-order valence-electron chi connectivity index (χ3n) is 3.66. The molecule has 8 heteroatoms. The Labute approximate surface area is 122 Å². The fourth-order valence-corrected chi connectivity index (χ4v) is 2.45. The van der Waals surface area contributed by atoms with Gasteiger partial charge in [0.25, 0.3) is 0 Å². The second-order valence-electron chi connectivity index (χ2n) is 5.23. The van der Waals surface area contributed by atoms with Gasteiger partial charge in [0.05, 0.1) is 17.2 Å². The minimum atomic E-state index is -4.91. The molecule has 2 rings (SSSR count). The molecule has 0 radical (unpaired) electrons. The van der Waals surface area contributed by atoms with Crippen LogP contribution in [0.15, 0.2) is 18.2 Å². The molecule has 0 spiro atoms. The van der Waals surface area contributed by atoms with Gasteiger partial charge in [-0.1, -0.05) is 0 Å². The van der Waals surface area contributed by atoms with Crippen molar-refractivity contribution in [3.63, 3.8) is 0 Å². The number of hydrogen-bond acceptors (Lipinski definition) is 2. The van der Waals surface area contributed by atoms with Crippen molar-refractivity contribution in [3.8, 4) is 0 Å². The summed E-state index contributed by atoms with van der Waals surface area (Å²) in [6.45, 7) is 0.652. The Balaban J connectivity index is 2.41. The first-order valence-corrected chi connectivity index (χ1v) is 6.64. The maximum Gasteiger partial charge on any atom is 0.416 e. The zero-order valence-corrected chi connectivity index (χ0v) is 11.3. The van der Waals surface area contributed by atoms with Gasteiger partial charge in [-0.15, -0.1) is 0 Å². The van der Waals surface area contributed by atoms with Crippen molar-refractivity contribution in [2.24, 2.45) is 5.92 Å². The van der Waals surface area contributed by atoms with Crippen molar-refractivity contribution in [2.45, 2.75) is 31.3 Å². The predicted octanol–water partition coefficient (Wildman–Crippen LogP) is 4.18. The van der Waals surface area contributed by atoms with Crippen LogP contribution >= 0.6 is 0 Å². The zero-order valence-electron chi connectivity index (χ0n) is 11.3. The van der Waals surface area contributed by atoms with Crippen molar-refractivity contribution >= 4 is 0 Å². The van der Waals surface area contributed by atoms with E-state index in [2.05, 4.69) is 0 Å². The Morgan fingerprint density at radius 3 is 1.77 bits per heavy atom. The van der Waals surface area contributed by atoms with Crippen LogP contribution in [-0.4, -0.2) is 18.3 Å². The van der Waals surface area contributed by atoms with Crippen molar-refractivity contribution in [3.05, 3.63) is 34.9 Å². The molecule has 0 aliphatic carbocycles. The molecular formula is C14H14F6O2. The van der Waals surface area contributed by atoms with Crippen molar-refractivity contribution in [1.82, 2.24) is 0 Å². The van der Waals surface area contributed by atoms with E-state index in [1.807, 2.05) is 0 Å². The van der Waals surface area contributed by atoms with E-state index in [9.17, 15) is 31.4 Å². The van der Waals surface area contributed by atoms with E-state index in [0.717, 1.165) is 0 Å². The fourth-order valence-electron chi connectivity index (χ4n) is 2.45. The van der Waals surface area contributed by atoms with Crippen LogP contribution in [-0.2, 0) is 17.1 Å². The molecule has 1 aliphatic rings. The highest BCUT2D eigenvalue weighted by atomic mass is 19.4. The van der Waals surface area contributed by atoms with E-state index in [0.29, 0.717) is 38.2 Å². The van der Waals surface area contributed by atoms with E-state index in [-0.39, 0.29) is 11.6 Å². The van der Waals surface area contributed by atoms with E-state index in [1.165, 1.54) is 0 Å². The number of benzene rings is 1. The molecule has 0 aromatic heterocycles. The maximum absolute atomic E-state index is 12.8. The normalized spacial score (nSPS) is 19.2. The number of alkyl halides is 6. The van der Waals surface area contributed by atoms with E-state index >= 15 is 0 Å². The lowest BCUT2D eigenvalue weighted by Gasteiger charge is -2.27. The first kappa shape index (κ1) is 17.1. The predicted molar refractivity (Wildman–Crippen MR) is 64.9 cm³/mol. The molecule has 0 saturated carbocycles. The van der Waals surface area contributed by atoms with Crippen LogP contribution in [0.5, 0.6) is 0 Å². The molecule has 1 N–H and O–H groups in total. The van der Waals surface area contributed by atoms with Gasteiger partial charge in [-0.05, 0) is 42.5 Å². The minimum absolute atomic E-state index is 0.0558. The van der Waals surface area contributed by atoms with Gasteiger partial charge in [0.15, 0.2) is 0 Å². The SMILES string of the molecule is OC(c1cc(C(F)(F)F)cc(C(F)(F)F)c1)C1CCOCC1. The number of aliphatic hydroxyl groups is 1. The van der Waals surface area contributed by atoms with Crippen LogP contribution in [0, 0.1) is 5.92 Å². The summed E-state index contributed by atoms with van der Waals surface area (Å²) >= 11 is 0. The summed E-state index contributed by atoms with van der Waals surface area (Å²) in [6.07, 6.45) is -10.4. The lowest BCUT2D eigenvalue weighted by Crippen LogP contribution is -2.23. The lowest BCUT2D eigenvalue weighted by molar-refractivity contribution is -0.143. The quantitative estimate of drug-likeness (QED) is 0.825. The Hall–Kier alpha value is -1.28. The first-order chi connectivity index (χ1) is 10.1. The second-order valence-corrected chi connectivity index (χ2v) is 5.23. The van der Waals surface area contributed by atoms with Gasteiger partial charge in [-0.2, -0.15) is 26.3 Å². The number of rotatable bonds is 2. The number of halogens is 6. The van der Waals surface area contributed by atoms with Crippen molar-refractivity contribution in [2.75, 3.05) is 13.2 Å². The lowest BCUT2D eigenvalue weighted by atomic mass is 9.88. The Bertz CT molecular complexity index is 485. The standard InChI is InChI=1S/C14H14F6O2/c15-13(16,17)10-5-9(6-11(7-10)14(18,19)20)12(21)8-1-3-22-4-2-8/h5-8,12,21H,1-4H2. The van der Waals surface area contributed by atoms with Crippen LogP contribution in [0.4, 0.5) is 26.3 Å². The average Bonchev–Trinajstić information content (AvgIpc) is 2.45. The molecule has 1 aromatic carbocycles. The monoisotopic (exact) mass is 328 g/mol. The highest BCUT2D eigenvalue weighted by molar-refractivity contribution is 5.35. The minimum Gasteiger partial charge on any atom is -0.388 e. The summed E-state index contributed by atoms with van der Waals surface area (Å²) in [6, 6.07) is 1.21. The van der Waals surface area contributed by atoms with Gasteiger partial charge >= 0.3 is 12.4 Å². The molecular weight excluding hydrogens is 314 g/mol. The summed E-state index contributed by atoms with van der Waals surface area (Å²) < 4.78 is 81.7. The molecule has 1 unspecified atom stereocenters.